The largest absolute Gasteiger partial charge is 0.272 e. The van der Waals surface area contributed by atoms with Gasteiger partial charge in [0.2, 0.25) is 0 Å². The number of benzene rings is 1. The van der Waals surface area contributed by atoms with Gasteiger partial charge in [-0.25, -0.2) is 14.8 Å². The number of hydrogen-bond acceptors (Lipinski definition) is 4. The summed E-state index contributed by atoms with van der Waals surface area (Å²) in [7, 11) is 1.79. The van der Waals surface area contributed by atoms with Crippen molar-refractivity contribution in [1.82, 2.24) is 20.2 Å². The van der Waals surface area contributed by atoms with Gasteiger partial charge < -0.3 is 0 Å². The van der Waals surface area contributed by atoms with Crippen LogP contribution >= 0.6 is 0 Å². The fourth-order valence-corrected chi connectivity index (χ4v) is 2.70. The number of halogens is 1. The molecule has 0 aliphatic rings. The maximum atomic E-state index is 13.0. The van der Waals surface area contributed by atoms with Gasteiger partial charge in [0.25, 0.3) is 5.91 Å². The van der Waals surface area contributed by atoms with Crippen LogP contribution in [0.25, 0.3) is 11.0 Å². The van der Waals surface area contributed by atoms with Gasteiger partial charge in [0.05, 0.1) is 22.4 Å². The van der Waals surface area contributed by atoms with E-state index in [0.717, 1.165) is 17.0 Å². The van der Waals surface area contributed by atoms with E-state index in [4.69, 9.17) is 0 Å². The molecule has 0 bridgehead atoms. The lowest BCUT2D eigenvalue weighted by Gasteiger charge is -2.06. The molecule has 1 amide bonds. The molecule has 0 atom stereocenters. The third-order valence-corrected chi connectivity index (χ3v) is 3.93. The average Bonchev–Trinajstić information content (AvgIpc) is 2.86. The number of aryl methyl sites for hydroxylation is 3. The molecule has 0 radical (unpaired) electrons. The molecule has 0 fully saturated rings. The molecule has 128 valence electrons. The fraction of sp³-hybridized carbons (Fsp3) is 0.222. The zero-order valence-electron chi connectivity index (χ0n) is 14.5. The number of hydrogen-bond donors (Lipinski definition) is 1. The highest BCUT2D eigenvalue weighted by molar-refractivity contribution is 6.07. The first-order chi connectivity index (χ1) is 11.9. The number of nitrogens with one attached hydrogen (secondary N) is 1. The van der Waals surface area contributed by atoms with Crippen LogP contribution < -0.4 is 5.43 Å². The summed E-state index contributed by atoms with van der Waals surface area (Å²) in [6, 6.07) is 7.64. The topological polar surface area (TPSA) is 72.2 Å². The van der Waals surface area contributed by atoms with E-state index in [-0.39, 0.29) is 11.7 Å². The standard InChI is InChI=1S/C18H18FN5O/c1-10-9-15(16-12(3)23-24(4)17(16)20-10)18(25)22-21-11(2)13-5-7-14(19)8-6-13/h5-9H,1-4H3,(H,22,25)/b21-11+. The maximum Gasteiger partial charge on any atom is 0.272 e. The summed E-state index contributed by atoms with van der Waals surface area (Å²) >= 11 is 0. The Hall–Kier alpha value is -3.09. The number of aromatic nitrogens is 3. The molecule has 0 unspecified atom stereocenters. The summed E-state index contributed by atoms with van der Waals surface area (Å²) in [5, 5.41) is 9.16. The molecule has 1 N–H and O–H groups in total. The third-order valence-electron chi connectivity index (χ3n) is 3.93. The van der Waals surface area contributed by atoms with Crippen LogP contribution in [0.5, 0.6) is 0 Å². The number of nitrogens with zero attached hydrogens (tertiary/aromatic N) is 4. The SMILES string of the molecule is C/C(=N\NC(=O)c1cc(C)nc2c1c(C)nn2C)c1ccc(F)cc1. The quantitative estimate of drug-likeness (QED) is 0.589. The molecule has 3 rings (SSSR count). The van der Waals surface area contributed by atoms with E-state index >= 15 is 0 Å². The van der Waals surface area contributed by atoms with Crippen molar-refractivity contribution >= 4 is 22.7 Å². The Bertz CT molecular complexity index is 989. The van der Waals surface area contributed by atoms with Crippen LogP contribution in [0.1, 0.15) is 34.2 Å². The third kappa shape index (κ3) is 3.26. The van der Waals surface area contributed by atoms with Crippen molar-refractivity contribution in [2.75, 3.05) is 0 Å². The predicted molar refractivity (Wildman–Crippen MR) is 94.1 cm³/mol. The van der Waals surface area contributed by atoms with Crippen molar-refractivity contribution in [2.45, 2.75) is 20.8 Å². The second kappa shape index (κ2) is 6.43. The summed E-state index contributed by atoms with van der Waals surface area (Å²) < 4.78 is 14.6. The first kappa shape index (κ1) is 16.8. The van der Waals surface area contributed by atoms with E-state index in [1.807, 2.05) is 13.8 Å². The van der Waals surface area contributed by atoms with Crippen LogP contribution in [0.3, 0.4) is 0 Å². The van der Waals surface area contributed by atoms with Crippen molar-refractivity contribution in [3.63, 3.8) is 0 Å². The lowest BCUT2D eigenvalue weighted by Crippen LogP contribution is -2.20. The van der Waals surface area contributed by atoms with E-state index in [1.54, 1.807) is 36.9 Å². The molecule has 1 aromatic carbocycles. The summed E-state index contributed by atoms with van der Waals surface area (Å²) in [6.45, 7) is 5.41. The Labute approximate surface area is 144 Å². The number of pyridine rings is 1. The van der Waals surface area contributed by atoms with Gasteiger partial charge >= 0.3 is 0 Å². The van der Waals surface area contributed by atoms with Gasteiger partial charge in [-0.15, -0.1) is 0 Å². The van der Waals surface area contributed by atoms with Crippen molar-refractivity contribution < 1.29 is 9.18 Å². The first-order valence-corrected chi connectivity index (χ1v) is 7.78. The molecular weight excluding hydrogens is 321 g/mol. The van der Waals surface area contributed by atoms with Crippen LogP contribution in [0, 0.1) is 19.7 Å². The Balaban J connectivity index is 1.92. The Kier molecular flexibility index (Phi) is 4.31. The van der Waals surface area contributed by atoms with Crippen LogP contribution in [-0.4, -0.2) is 26.4 Å². The highest BCUT2D eigenvalue weighted by Gasteiger charge is 2.17. The number of fused-ring (bicyclic) bond motifs is 1. The molecular formula is C18H18FN5O. The van der Waals surface area contributed by atoms with E-state index in [2.05, 4.69) is 20.6 Å². The maximum absolute atomic E-state index is 13.0. The zero-order valence-corrected chi connectivity index (χ0v) is 14.5. The van der Waals surface area contributed by atoms with Gasteiger partial charge in [-0.3, -0.25) is 9.48 Å². The smallest absolute Gasteiger partial charge is 0.267 e. The lowest BCUT2D eigenvalue weighted by atomic mass is 10.1. The van der Waals surface area contributed by atoms with Gasteiger partial charge in [-0.1, -0.05) is 12.1 Å². The number of carbonyl (C=O) groups excluding carboxylic acids is 1. The van der Waals surface area contributed by atoms with Gasteiger partial charge in [-0.05, 0) is 44.5 Å². The summed E-state index contributed by atoms with van der Waals surface area (Å²) in [5.41, 5.74) is 6.45. The predicted octanol–water partition coefficient (Wildman–Crippen LogP) is 2.88. The molecule has 2 heterocycles. The molecule has 25 heavy (non-hydrogen) atoms. The van der Waals surface area contributed by atoms with Crippen LogP contribution in [0.2, 0.25) is 0 Å². The van der Waals surface area contributed by atoms with E-state index in [0.29, 0.717) is 22.3 Å². The van der Waals surface area contributed by atoms with Crippen molar-refractivity contribution in [1.29, 1.82) is 0 Å². The van der Waals surface area contributed by atoms with Crippen LogP contribution in [0.4, 0.5) is 4.39 Å². The summed E-state index contributed by atoms with van der Waals surface area (Å²) in [5.74, 6) is -0.657. The van der Waals surface area contributed by atoms with Gasteiger partial charge in [-0.2, -0.15) is 10.2 Å². The highest BCUT2D eigenvalue weighted by Crippen LogP contribution is 2.21. The zero-order chi connectivity index (χ0) is 18.1. The van der Waals surface area contributed by atoms with Crippen molar-refractivity contribution in [2.24, 2.45) is 12.1 Å². The Morgan fingerprint density at radius 1 is 1.24 bits per heavy atom. The Morgan fingerprint density at radius 2 is 1.92 bits per heavy atom. The van der Waals surface area contributed by atoms with Gasteiger partial charge in [0.1, 0.15) is 5.82 Å². The monoisotopic (exact) mass is 339 g/mol. The normalized spacial score (nSPS) is 11.8. The number of hydrazone groups is 1. The van der Waals surface area contributed by atoms with Crippen molar-refractivity contribution in [3.8, 4) is 0 Å². The molecule has 7 heteroatoms. The second-order valence-corrected chi connectivity index (χ2v) is 5.86. The molecule has 0 saturated carbocycles. The minimum absolute atomic E-state index is 0.317. The van der Waals surface area contributed by atoms with Crippen molar-refractivity contribution in [3.05, 3.63) is 58.7 Å². The molecule has 0 aliphatic carbocycles. The lowest BCUT2D eigenvalue weighted by molar-refractivity contribution is 0.0956. The van der Waals surface area contributed by atoms with Gasteiger partial charge in [0, 0.05) is 12.7 Å². The molecule has 0 spiro atoms. The number of amides is 1. The number of rotatable bonds is 3. The molecule has 0 aliphatic heterocycles. The summed E-state index contributed by atoms with van der Waals surface area (Å²) in [4.78, 5) is 17.1. The van der Waals surface area contributed by atoms with E-state index < -0.39 is 0 Å². The molecule has 3 aromatic rings. The first-order valence-electron chi connectivity index (χ1n) is 7.78. The van der Waals surface area contributed by atoms with Crippen LogP contribution in [-0.2, 0) is 7.05 Å². The summed E-state index contributed by atoms with van der Waals surface area (Å²) in [6.07, 6.45) is 0. The van der Waals surface area contributed by atoms with Crippen LogP contribution in [0.15, 0.2) is 35.4 Å². The number of carbonyl (C=O) groups is 1. The minimum Gasteiger partial charge on any atom is -0.267 e. The van der Waals surface area contributed by atoms with Gasteiger partial charge in [0.15, 0.2) is 5.65 Å². The Morgan fingerprint density at radius 3 is 2.60 bits per heavy atom. The van der Waals surface area contributed by atoms with E-state index in [9.17, 15) is 9.18 Å². The fourth-order valence-electron chi connectivity index (χ4n) is 2.70. The highest BCUT2D eigenvalue weighted by atomic mass is 19.1. The molecule has 2 aromatic heterocycles. The second-order valence-electron chi connectivity index (χ2n) is 5.86. The minimum atomic E-state index is -0.340. The molecule has 0 saturated heterocycles. The molecule has 6 nitrogen and oxygen atoms in total. The van der Waals surface area contributed by atoms with E-state index in [1.165, 1.54) is 12.1 Å². The average molecular weight is 339 g/mol.